The first-order valence-electron chi connectivity index (χ1n) is 8.83. The lowest BCUT2D eigenvalue weighted by Crippen LogP contribution is -2.10. The largest absolute Gasteiger partial charge is 0.346 e. The molecule has 8 nitrogen and oxygen atoms in total. The van der Waals surface area contributed by atoms with Crippen LogP contribution in [0.2, 0.25) is 10.0 Å². The minimum atomic E-state index is -0.336. The topological polar surface area (TPSA) is 104 Å². The van der Waals surface area contributed by atoms with Gasteiger partial charge < -0.3 is 14.9 Å². The van der Waals surface area contributed by atoms with E-state index in [2.05, 4.69) is 24.8 Å². The molecule has 0 aliphatic carbocycles. The van der Waals surface area contributed by atoms with Crippen LogP contribution >= 0.6 is 23.2 Å². The Morgan fingerprint density at radius 3 is 2.03 bits per heavy atom. The van der Waals surface area contributed by atoms with Crippen LogP contribution in [0.15, 0.2) is 36.9 Å². The maximum atomic E-state index is 10.3. The summed E-state index contributed by atoms with van der Waals surface area (Å²) < 4.78 is 0. The Bertz CT molecular complexity index is 1140. The second-order valence-electron chi connectivity index (χ2n) is 6.77. The molecule has 4 rings (SSSR count). The summed E-state index contributed by atoms with van der Waals surface area (Å²) in [4.78, 5) is 26.4. The second-order valence-corrected chi connectivity index (χ2v) is 7.64. The van der Waals surface area contributed by atoms with Crippen molar-refractivity contribution in [2.24, 2.45) is 0 Å². The lowest BCUT2D eigenvalue weighted by molar-refractivity contribution is -0.479. The molecule has 0 amide bonds. The smallest absolute Gasteiger partial charge is 0.207 e. The van der Waals surface area contributed by atoms with Gasteiger partial charge in [-0.3, -0.25) is 10.1 Å². The maximum absolute atomic E-state index is 10.3. The highest BCUT2D eigenvalue weighted by Gasteiger charge is 2.08. The first kappa shape index (κ1) is 21.0. The molecule has 4 aromatic rings. The Hall–Kier alpha value is -2.68. The minimum absolute atomic E-state index is 0.0839. The summed E-state index contributed by atoms with van der Waals surface area (Å²) in [6.45, 7) is 0.807. The highest BCUT2D eigenvalue weighted by Crippen LogP contribution is 2.21. The lowest BCUT2D eigenvalue weighted by Gasteiger charge is -2.07. The molecule has 0 unspecified atom stereocenters. The molecule has 4 aromatic heterocycles. The van der Waals surface area contributed by atoms with Gasteiger partial charge in [-0.25, -0.2) is 9.97 Å². The molecule has 0 aliphatic heterocycles. The number of aromatic nitrogens is 4. The van der Waals surface area contributed by atoms with Gasteiger partial charge in [0.2, 0.25) is 6.54 Å². The summed E-state index contributed by atoms with van der Waals surface area (Å²) >= 11 is 11.7. The molecule has 0 saturated carbocycles. The van der Waals surface area contributed by atoms with E-state index < -0.39 is 0 Å². The highest BCUT2D eigenvalue weighted by molar-refractivity contribution is 6.31. The molecule has 0 radical (unpaired) electrons. The molecule has 0 saturated heterocycles. The van der Waals surface area contributed by atoms with Crippen molar-refractivity contribution in [1.29, 1.82) is 0 Å². The van der Waals surface area contributed by atoms with Crippen LogP contribution in [-0.2, 0) is 13.0 Å². The van der Waals surface area contributed by atoms with Gasteiger partial charge in [-0.15, -0.1) is 0 Å². The number of H-pyrrole nitrogens is 2. The second kappa shape index (κ2) is 9.21. The van der Waals surface area contributed by atoms with Crippen molar-refractivity contribution in [2.75, 3.05) is 20.6 Å². The molecule has 2 N–H and O–H groups in total. The van der Waals surface area contributed by atoms with Crippen LogP contribution < -0.4 is 0 Å². The molecule has 0 fully saturated rings. The maximum Gasteiger partial charge on any atom is 0.207 e. The summed E-state index contributed by atoms with van der Waals surface area (Å²) in [6, 6.07) is 3.70. The zero-order valence-corrected chi connectivity index (χ0v) is 17.5. The first-order chi connectivity index (χ1) is 13.8. The van der Waals surface area contributed by atoms with Gasteiger partial charge in [0.15, 0.2) is 0 Å². The molecular formula is C19H20Cl2N6O2. The van der Waals surface area contributed by atoms with Gasteiger partial charge >= 0.3 is 0 Å². The zero-order chi connectivity index (χ0) is 21.0. The van der Waals surface area contributed by atoms with Gasteiger partial charge in [0.05, 0.1) is 10.0 Å². The quantitative estimate of drug-likeness (QED) is 0.359. The Labute approximate surface area is 177 Å². The van der Waals surface area contributed by atoms with Crippen LogP contribution in [0.25, 0.3) is 22.1 Å². The number of nitro groups is 1. The van der Waals surface area contributed by atoms with Crippen molar-refractivity contribution in [1.82, 2.24) is 24.8 Å². The SMILES string of the molecule is CN(C)Cc1c[nH]c2ncc(Cl)cc12.O=[N+]([O-])CCc1c[nH]c2ncc(Cl)cc12. The third-order valence-corrected chi connectivity index (χ3v) is 4.63. The van der Waals surface area contributed by atoms with Gasteiger partial charge in [-0.2, -0.15) is 0 Å². The molecule has 0 spiro atoms. The van der Waals surface area contributed by atoms with Crippen LogP contribution in [0.4, 0.5) is 0 Å². The Kier molecular flexibility index (Phi) is 6.68. The molecule has 4 heterocycles. The van der Waals surface area contributed by atoms with E-state index in [1.54, 1.807) is 18.5 Å². The number of hydrogen-bond donors (Lipinski definition) is 2. The van der Waals surface area contributed by atoms with Crippen molar-refractivity contribution in [3.8, 4) is 0 Å². The van der Waals surface area contributed by atoms with Gasteiger partial charge in [0.1, 0.15) is 11.3 Å². The van der Waals surface area contributed by atoms with Crippen molar-refractivity contribution < 1.29 is 4.92 Å². The summed E-state index contributed by atoms with van der Waals surface area (Å²) in [5.74, 6) is 0. The molecular weight excluding hydrogens is 415 g/mol. The van der Waals surface area contributed by atoms with Gasteiger partial charge in [-0.1, -0.05) is 23.2 Å². The molecule has 0 aliphatic rings. The van der Waals surface area contributed by atoms with Crippen molar-refractivity contribution >= 4 is 45.3 Å². The molecule has 0 atom stereocenters. The number of halogens is 2. The molecule has 29 heavy (non-hydrogen) atoms. The van der Waals surface area contributed by atoms with Crippen LogP contribution in [0.5, 0.6) is 0 Å². The molecule has 0 bridgehead atoms. The van der Waals surface area contributed by atoms with Crippen LogP contribution in [0.1, 0.15) is 11.1 Å². The fourth-order valence-corrected chi connectivity index (χ4v) is 3.27. The number of aromatic amines is 2. The van der Waals surface area contributed by atoms with E-state index >= 15 is 0 Å². The molecule has 152 valence electrons. The van der Waals surface area contributed by atoms with E-state index in [-0.39, 0.29) is 11.5 Å². The van der Waals surface area contributed by atoms with Crippen molar-refractivity contribution in [2.45, 2.75) is 13.0 Å². The Morgan fingerprint density at radius 1 is 1.00 bits per heavy atom. The highest BCUT2D eigenvalue weighted by atomic mass is 35.5. The third kappa shape index (κ3) is 5.44. The van der Waals surface area contributed by atoms with Crippen LogP contribution in [0.3, 0.4) is 0 Å². The summed E-state index contributed by atoms with van der Waals surface area (Å²) in [5, 5.41) is 13.4. The number of pyridine rings is 2. The van der Waals surface area contributed by atoms with E-state index in [0.29, 0.717) is 22.1 Å². The van der Waals surface area contributed by atoms with Crippen molar-refractivity contribution in [3.63, 3.8) is 0 Å². The third-order valence-electron chi connectivity index (χ3n) is 4.22. The van der Waals surface area contributed by atoms with E-state index in [9.17, 15) is 10.1 Å². The predicted octanol–water partition coefficient (Wildman–Crippen LogP) is 4.31. The standard InChI is InChI=1S/C10H12ClN3.C9H8ClN3O2/c1-14(2)6-7-4-12-10-9(7)3-8(11)5-13-10;10-7-3-8-6(1-2-13(14)15)4-11-9(8)12-5-7/h3-5H,6H2,1-2H3,(H,12,13);3-5H,1-2H2,(H,11,12). The average molecular weight is 435 g/mol. The number of hydrogen-bond acceptors (Lipinski definition) is 5. The number of nitrogens with one attached hydrogen (secondary N) is 2. The first-order valence-corrected chi connectivity index (χ1v) is 9.58. The fourth-order valence-electron chi connectivity index (χ4n) is 2.95. The van der Waals surface area contributed by atoms with E-state index in [0.717, 1.165) is 28.5 Å². The zero-order valence-electron chi connectivity index (χ0n) is 15.9. The monoisotopic (exact) mass is 434 g/mol. The van der Waals surface area contributed by atoms with Crippen LogP contribution in [0, 0.1) is 10.1 Å². The van der Waals surface area contributed by atoms with Gasteiger partial charge in [0, 0.05) is 53.4 Å². The van der Waals surface area contributed by atoms with E-state index in [1.165, 1.54) is 11.8 Å². The summed E-state index contributed by atoms with van der Waals surface area (Å²) in [5.41, 5.74) is 3.70. The van der Waals surface area contributed by atoms with Gasteiger partial charge in [0.25, 0.3) is 0 Å². The average Bonchev–Trinajstić information content (AvgIpc) is 3.24. The van der Waals surface area contributed by atoms with Crippen molar-refractivity contribution in [3.05, 3.63) is 68.2 Å². The Balaban J connectivity index is 0.000000166. The summed E-state index contributed by atoms with van der Waals surface area (Å²) in [6.07, 6.45) is 7.29. The minimum Gasteiger partial charge on any atom is -0.346 e. The fraction of sp³-hybridized carbons (Fsp3) is 0.263. The predicted molar refractivity (Wildman–Crippen MR) is 115 cm³/mol. The summed E-state index contributed by atoms with van der Waals surface area (Å²) in [7, 11) is 4.08. The van der Waals surface area contributed by atoms with Gasteiger partial charge in [-0.05, 0) is 37.4 Å². The lowest BCUT2D eigenvalue weighted by atomic mass is 10.1. The Morgan fingerprint density at radius 2 is 1.52 bits per heavy atom. The van der Waals surface area contributed by atoms with E-state index in [4.69, 9.17) is 23.2 Å². The van der Waals surface area contributed by atoms with Crippen LogP contribution in [-0.4, -0.2) is 50.4 Å². The number of rotatable bonds is 5. The number of fused-ring (bicyclic) bond motifs is 2. The molecule has 0 aromatic carbocycles. The molecule has 10 heteroatoms. The number of nitrogens with zero attached hydrogens (tertiary/aromatic N) is 4. The normalized spacial score (nSPS) is 11.1. The van der Waals surface area contributed by atoms with E-state index in [1.807, 2.05) is 26.4 Å².